The second kappa shape index (κ2) is 9.10. The first-order chi connectivity index (χ1) is 15.7. The van der Waals surface area contributed by atoms with Gasteiger partial charge in [0.05, 0.1) is 31.0 Å². The molecule has 0 spiro atoms. The van der Waals surface area contributed by atoms with Crippen molar-refractivity contribution in [3.63, 3.8) is 0 Å². The number of morpholine rings is 1. The minimum Gasteiger partial charge on any atom is -0.379 e. The van der Waals surface area contributed by atoms with E-state index in [1.54, 1.807) is 0 Å². The van der Waals surface area contributed by atoms with E-state index in [2.05, 4.69) is 55.3 Å². The number of aryl methyl sites for hydroxylation is 2. The van der Waals surface area contributed by atoms with Crippen LogP contribution in [0.25, 0.3) is 22.3 Å². The van der Waals surface area contributed by atoms with Crippen LogP contribution in [0.3, 0.4) is 0 Å². The molecule has 0 unspecified atom stereocenters. The molecule has 1 fully saturated rings. The van der Waals surface area contributed by atoms with Gasteiger partial charge in [0.1, 0.15) is 5.76 Å². The van der Waals surface area contributed by atoms with Gasteiger partial charge in [-0.15, -0.1) is 0 Å². The molecule has 166 valence electrons. The van der Waals surface area contributed by atoms with Crippen molar-refractivity contribution in [3.05, 3.63) is 59.6 Å². The summed E-state index contributed by atoms with van der Waals surface area (Å²) in [5, 5.41) is 7.65. The van der Waals surface area contributed by atoms with E-state index in [0.29, 0.717) is 6.54 Å². The first-order valence-electron chi connectivity index (χ1n) is 11.1. The molecular formula is C24H28N6O2. The molecule has 1 aliphatic heterocycles. The second-order valence-corrected chi connectivity index (χ2v) is 8.15. The summed E-state index contributed by atoms with van der Waals surface area (Å²) in [4.78, 5) is 11.9. The predicted molar refractivity (Wildman–Crippen MR) is 124 cm³/mol. The Morgan fingerprint density at radius 2 is 1.91 bits per heavy atom. The van der Waals surface area contributed by atoms with Crippen molar-refractivity contribution in [1.29, 1.82) is 0 Å². The second-order valence-electron chi connectivity index (χ2n) is 8.15. The van der Waals surface area contributed by atoms with Crippen LogP contribution in [0.5, 0.6) is 0 Å². The van der Waals surface area contributed by atoms with E-state index < -0.39 is 0 Å². The maximum absolute atomic E-state index is 5.45. The number of nitrogens with one attached hydrogen (secondary N) is 1. The van der Waals surface area contributed by atoms with Crippen LogP contribution in [0.2, 0.25) is 0 Å². The van der Waals surface area contributed by atoms with Gasteiger partial charge in [-0.1, -0.05) is 35.5 Å². The van der Waals surface area contributed by atoms with Crippen LogP contribution in [0, 0.1) is 13.8 Å². The highest BCUT2D eigenvalue weighted by atomic mass is 16.5. The molecule has 8 heteroatoms. The smallest absolute Gasteiger partial charge is 0.205 e. The molecule has 0 saturated carbocycles. The Morgan fingerprint density at radius 3 is 2.66 bits per heavy atom. The summed E-state index contributed by atoms with van der Waals surface area (Å²) >= 11 is 0. The number of pyridine rings is 1. The van der Waals surface area contributed by atoms with Gasteiger partial charge in [0, 0.05) is 43.5 Å². The van der Waals surface area contributed by atoms with E-state index in [1.807, 2.05) is 26.1 Å². The number of aromatic nitrogens is 4. The third kappa shape index (κ3) is 4.24. The highest BCUT2D eigenvalue weighted by Crippen LogP contribution is 2.30. The lowest BCUT2D eigenvalue weighted by Gasteiger charge is -2.26. The molecule has 1 aliphatic rings. The van der Waals surface area contributed by atoms with E-state index in [1.165, 1.54) is 5.56 Å². The van der Waals surface area contributed by atoms with Crippen molar-refractivity contribution in [2.24, 2.45) is 0 Å². The molecule has 1 N–H and O–H groups in total. The number of hydrogen-bond donors (Lipinski definition) is 1. The van der Waals surface area contributed by atoms with Gasteiger partial charge in [-0.3, -0.25) is 4.90 Å². The highest BCUT2D eigenvalue weighted by molar-refractivity contribution is 5.81. The Labute approximate surface area is 187 Å². The summed E-state index contributed by atoms with van der Waals surface area (Å²) in [5.74, 6) is 1.63. The maximum Gasteiger partial charge on any atom is 0.205 e. The molecule has 0 amide bonds. The monoisotopic (exact) mass is 432 g/mol. The zero-order valence-corrected chi connectivity index (χ0v) is 18.5. The summed E-state index contributed by atoms with van der Waals surface area (Å²) < 4.78 is 13.0. The van der Waals surface area contributed by atoms with Gasteiger partial charge in [0.25, 0.3) is 0 Å². The minimum absolute atomic E-state index is 0.712. The molecule has 5 rings (SSSR count). The van der Waals surface area contributed by atoms with Gasteiger partial charge in [-0.2, -0.15) is 4.98 Å². The normalized spacial score (nSPS) is 14.8. The van der Waals surface area contributed by atoms with Gasteiger partial charge in [0.15, 0.2) is 5.65 Å². The summed E-state index contributed by atoms with van der Waals surface area (Å²) in [6, 6.07) is 12.6. The molecule has 4 heterocycles. The summed E-state index contributed by atoms with van der Waals surface area (Å²) in [6.07, 6.45) is 1.85. The van der Waals surface area contributed by atoms with Crippen LogP contribution in [-0.4, -0.2) is 64.0 Å². The number of rotatable bonds is 7. The Hall–Kier alpha value is -3.23. The molecule has 0 atom stereocenters. The minimum atomic E-state index is 0.712. The van der Waals surface area contributed by atoms with E-state index in [-0.39, 0.29) is 0 Å². The van der Waals surface area contributed by atoms with Crippen LogP contribution in [-0.2, 0) is 11.3 Å². The number of hydrogen-bond acceptors (Lipinski definition) is 7. The lowest BCUT2D eigenvalue weighted by Crippen LogP contribution is -2.39. The van der Waals surface area contributed by atoms with Crippen molar-refractivity contribution in [2.75, 3.05) is 44.7 Å². The SMILES string of the molecule is Cc1noc(C)c1-c1cnc2nc(NCCN3CCOCC3)n(Cc3ccccc3)c2c1. The molecule has 32 heavy (non-hydrogen) atoms. The fraction of sp³-hybridized carbons (Fsp3) is 0.375. The number of fused-ring (bicyclic) bond motifs is 1. The van der Waals surface area contributed by atoms with E-state index >= 15 is 0 Å². The number of benzene rings is 1. The summed E-state index contributed by atoms with van der Waals surface area (Å²) in [5.41, 5.74) is 5.77. The molecule has 0 bridgehead atoms. The molecular weight excluding hydrogens is 404 g/mol. The molecule has 1 saturated heterocycles. The van der Waals surface area contributed by atoms with Crippen molar-refractivity contribution in [1.82, 2.24) is 24.6 Å². The van der Waals surface area contributed by atoms with Crippen LogP contribution in [0.1, 0.15) is 17.0 Å². The molecule has 4 aromatic rings. The Morgan fingerprint density at radius 1 is 1.09 bits per heavy atom. The van der Waals surface area contributed by atoms with Crippen LogP contribution in [0.4, 0.5) is 5.95 Å². The fourth-order valence-electron chi connectivity index (χ4n) is 4.25. The quantitative estimate of drug-likeness (QED) is 0.479. The van der Waals surface area contributed by atoms with Crippen molar-refractivity contribution >= 4 is 17.1 Å². The number of imidazole rings is 1. The maximum atomic E-state index is 5.45. The van der Waals surface area contributed by atoms with Gasteiger partial charge in [0.2, 0.25) is 5.95 Å². The zero-order valence-electron chi connectivity index (χ0n) is 18.5. The molecule has 8 nitrogen and oxygen atoms in total. The van der Waals surface area contributed by atoms with Crippen LogP contribution < -0.4 is 5.32 Å². The third-order valence-electron chi connectivity index (χ3n) is 5.93. The van der Waals surface area contributed by atoms with E-state index in [4.69, 9.17) is 14.2 Å². The summed E-state index contributed by atoms with van der Waals surface area (Å²) in [7, 11) is 0. The summed E-state index contributed by atoms with van der Waals surface area (Å²) in [6.45, 7) is 9.93. The Balaban J connectivity index is 1.48. The lowest BCUT2D eigenvalue weighted by atomic mass is 10.1. The molecule has 3 aromatic heterocycles. The highest BCUT2D eigenvalue weighted by Gasteiger charge is 2.17. The van der Waals surface area contributed by atoms with E-state index in [0.717, 1.165) is 79.1 Å². The standard InChI is InChI=1S/C24H28N6O2/c1-17-22(18(2)32-28-17)20-14-21-23(26-15-20)27-24(25-8-9-29-10-12-31-13-11-29)30(21)16-19-6-4-3-5-7-19/h3-7,14-15H,8-13,16H2,1-2H3,(H,25,26,27). The lowest BCUT2D eigenvalue weighted by molar-refractivity contribution is 0.0398. The fourth-order valence-corrected chi connectivity index (χ4v) is 4.25. The topological polar surface area (TPSA) is 81.2 Å². The van der Waals surface area contributed by atoms with Gasteiger partial charge in [-0.05, 0) is 25.5 Å². The number of nitrogens with zero attached hydrogens (tertiary/aromatic N) is 5. The van der Waals surface area contributed by atoms with E-state index in [9.17, 15) is 0 Å². The number of anilines is 1. The largest absolute Gasteiger partial charge is 0.379 e. The van der Waals surface area contributed by atoms with Crippen LogP contribution >= 0.6 is 0 Å². The zero-order chi connectivity index (χ0) is 21.9. The van der Waals surface area contributed by atoms with Crippen molar-refractivity contribution in [3.8, 4) is 11.1 Å². The average Bonchev–Trinajstić information content (AvgIpc) is 3.33. The first kappa shape index (κ1) is 20.7. The average molecular weight is 433 g/mol. The number of ether oxygens (including phenoxy) is 1. The first-order valence-corrected chi connectivity index (χ1v) is 11.1. The molecule has 1 aromatic carbocycles. The Kier molecular flexibility index (Phi) is 5.87. The van der Waals surface area contributed by atoms with Crippen molar-refractivity contribution in [2.45, 2.75) is 20.4 Å². The van der Waals surface area contributed by atoms with Gasteiger partial charge >= 0.3 is 0 Å². The van der Waals surface area contributed by atoms with Gasteiger partial charge < -0.3 is 19.1 Å². The van der Waals surface area contributed by atoms with Crippen LogP contribution in [0.15, 0.2) is 47.1 Å². The Bertz CT molecular complexity index is 1170. The van der Waals surface area contributed by atoms with Gasteiger partial charge in [-0.25, -0.2) is 4.98 Å². The molecule has 0 radical (unpaired) electrons. The molecule has 0 aliphatic carbocycles. The van der Waals surface area contributed by atoms with Crippen molar-refractivity contribution < 1.29 is 9.26 Å². The predicted octanol–water partition coefficient (Wildman–Crippen LogP) is 3.50. The third-order valence-corrected chi connectivity index (χ3v) is 5.93.